The summed E-state index contributed by atoms with van der Waals surface area (Å²) in [7, 11) is 0. The van der Waals surface area contributed by atoms with Gasteiger partial charge in [-0.15, -0.1) is 0 Å². The maximum atomic E-state index is 12.8. The molecule has 0 spiro atoms. The van der Waals surface area contributed by atoms with Gasteiger partial charge in [0.15, 0.2) is 5.82 Å². The van der Waals surface area contributed by atoms with Gasteiger partial charge >= 0.3 is 5.97 Å². The van der Waals surface area contributed by atoms with Crippen LogP contribution in [-0.4, -0.2) is 42.1 Å². The minimum atomic E-state index is -0.506. The van der Waals surface area contributed by atoms with Crippen molar-refractivity contribution in [1.82, 2.24) is 29.5 Å². The molecule has 9 nitrogen and oxygen atoms in total. The van der Waals surface area contributed by atoms with E-state index in [2.05, 4.69) is 24.0 Å². The fourth-order valence-electron chi connectivity index (χ4n) is 3.99. The molecule has 1 atom stereocenters. The van der Waals surface area contributed by atoms with Gasteiger partial charge in [0, 0.05) is 10.7 Å². The van der Waals surface area contributed by atoms with Crippen LogP contribution < -0.4 is 5.73 Å². The molecule has 0 aliphatic rings. The summed E-state index contributed by atoms with van der Waals surface area (Å²) >= 11 is 6.19. The zero-order valence-corrected chi connectivity index (χ0v) is 21.2. The van der Waals surface area contributed by atoms with Crippen molar-refractivity contribution in [2.24, 2.45) is 5.92 Å². The number of esters is 1. The monoisotopic (exact) mass is 495 g/mol. The van der Waals surface area contributed by atoms with E-state index in [1.54, 1.807) is 22.9 Å². The van der Waals surface area contributed by atoms with Crippen molar-refractivity contribution in [3.8, 4) is 11.6 Å². The number of rotatable bonds is 9. The lowest BCUT2D eigenvalue weighted by Crippen LogP contribution is -2.16. The van der Waals surface area contributed by atoms with Crippen molar-refractivity contribution in [1.29, 1.82) is 0 Å². The molecule has 0 saturated carbocycles. The number of aryl methyl sites for hydroxylation is 2. The van der Waals surface area contributed by atoms with Gasteiger partial charge in [0.1, 0.15) is 11.4 Å². The molecule has 0 bridgehead atoms. The molecule has 4 rings (SSSR count). The Bertz CT molecular complexity index is 1360. The van der Waals surface area contributed by atoms with E-state index in [1.165, 1.54) is 10.9 Å². The quantitative estimate of drug-likeness (QED) is 0.316. The number of nitrogen functional groups attached to an aromatic ring is 1. The van der Waals surface area contributed by atoms with Crippen molar-refractivity contribution >= 4 is 34.4 Å². The summed E-state index contributed by atoms with van der Waals surface area (Å²) in [6.45, 7) is 8.43. The average Bonchev–Trinajstić information content (AvgIpc) is 3.38. The number of hydrogen-bond donors (Lipinski definition) is 1. The van der Waals surface area contributed by atoms with Crippen molar-refractivity contribution < 1.29 is 9.53 Å². The van der Waals surface area contributed by atoms with Crippen molar-refractivity contribution in [2.45, 2.75) is 53.4 Å². The van der Waals surface area contributed by atoms with Gasteiger partial charge in [0.2, 0.25) is 5.82 Å². The number of ether oxygens (including phenoxy) is 1. The Balaban J connectivity index is 1.73. The minimum absolute atomic E-state index is 0.120. The summed E-state index contributed by atoms with van der Waals surface area (Å²) in [4.78, 5) is 22.4. The Morgan fingerprint density at radius 3 is 2.54 bits per heavy atom. The molecule has 35 heavy (non-hydrogen) atoms. The third kappa shape index (κ3) is 5.14. The maximum Gasteiger partial charge on any atom is 0.343 e. The second-order valence-corrected chi connectivity index (χ2v) is 9.15. The van der Waals surface area contributed by atoms with Crippen LogP contribution in [0, 0.1) is 19.8 Å². The molecule has 3 aromatic heterocycles. The lowest BCUT2D eigenvalue weighted by Gasteiger charge is -2.14. The van der Waals surface area contributed by atoms with E-state index in [0.717, 1.165) is 37.1 Å². The molecule has 0 amide bonds. The van der Waals surface area contributed by atoms with Gasteiger partial charge in [-0.1, -0.05) is 44.7 Å². The second-order valence-electron chi connectivity index (χ2n) is 8.71. The molecule has 4 aromatic rings. The molecule has 1 aromatic carbocycles. The fourth-order valence-corrected chi connectivity index (χ4v) is 4.16. The van der Waals surface area contributed by atoms with E-state index in [-0.39, 0.29) is 11.4 Å². The average molecular weight is 496 g/mol. The first kappa shape index (κ1) is 24.7. The number of unbranched alkanes of at least 4 members (excludes halogenated alkanes) is 1. The summed E-state index contributed by atoms with van der Waals surface area (Å²) in [5.74, 6) is 0.703. The van der Waals surface area contributed by atoms with Gasteiger partial charge in [-0.25, -0.2) is 19.4 Å². The standard InChI is InChI=1S/C25H30ClN7O2/c1-5-7-8-17(6-2)14-35-25(34)19-13-28-33(22(19)27)24-23(32-16(4)11-15(3)31-32)29-20-10-9-18(26)12-21(20)30-24/h9-13,17H,5-8,14,27H2,1-4H3. The van der Waals surface area contributed by atoms with E-state index in [9.17, 15) is 4.79 Å². The second kappa shape index (κ2) is 10.4. The Labute approximate surface area is 209 Å². The van der Waals surface area contributed by atoms with Crippen LogP contribution >= 0.6 is 11.6 Å². The predicted molar refractivity (Wildman–Crippen MR) is 136 cm³/mol. The zero-order chi connectivity index (χ0) is 25.1. The van der Waals surface area contributed by atoms with E-state index in [4.69, 9.17) is 32.0 Å². The smallest absolute Gasteiger partial charge is 0.343 e. The van der Waals surface area contributed by atoms with Crippen LogP contribution in [0.3, 0.4) is 0 Å². The Kier molecular flexibility index (Phi) is 7.35. The number of carbonyl (C=O) groups is 1. The number of nitrogens with zero attached hydrogens (tertiary/aromatic N) is 6. The van der Waals surface area contributed by atoms with Crippen LogP contribution in [0.2, 0.25) is 5.02 Å². The Morgan fingerprint density at radius 2 is 1.86 bits per heavy atom. The number of benzene rings is 1. The highest BCUT2D eigenvalue weighted by Crippen LogP contribution is 2.26. The van der Waals surface area contributed by atoms with E-state index >= 15 is 0 Å². The van der Waals surface area contributed by atoms with Crippen LogP contribution in [-0.2, 0) is 4.74 Å². The highest BCUT2D eigenvalue weighted by Gasteiger charge is 2.23. The van der Waals surface area contributed by atoms with Gasteiger partial charge in [-0.2, -0.15) is 14.9 Å². The molecule has 184 valence electrons. The molecule has 0 aliphatic heterocycles. The molecular weight excluding hydrogens is 466 g/mol. The molecule has 0 fully saturated rings. The summed E-state index contributed by atoms with van der Waals surface area (Å²) in [6, 6.07) is 7.20. The van der Waals surface area contributed by atoms with E-state index in [1.807, 2.05) is 19.9 Å². The first-order valence-corrected chi connectivity index (χ1v) is 12.2. The lowest BCUT2D eigenvalue weighted by molar-refractivity contribution is 0.0429. The van der Waals surface area contributed by atoms with E-state index < -0.39 is 5.97 Å². The molecule has 2 N–H and O–H groups in total. The Hall–Kier alpha value is -3.46. The SMILES string of the molecule is CCCCC(CC)COC(=O)c1cnn(-c2nc3cc(Cl)ccc3nc2-n2nc(C)cc2C)c1N. The van der Waals surface area contributed by atoms with Gasteiger partial charge in [0.25, 0.3) is 0 Å². The number of nitrogens with two attached hydrogens (primary N) is 1. The van der Waals surface area contributed by atoms with Crippen molar-refractivity contribution in [3.05, 3.63) is 52.4 Å². The molecule has 0 aliphatic carbocycles. The van der Waals surface area contributed by atoms with Gasteiger partial charge in [-0.3, -0.25) is 0 Å². The summed E-state index contributed by atoms with van der Waals surface area (Å²) in [6.07, 6.45) is 5.59. The van der Waals surface area contributed by atoms with Crippen LogP contribution in [0.5, 0.6) is 0 Å². The minimum Gasteiger partial charge on any atom is -0.462 e. The predicted octanol–water partition coefficient (Wildman–Crippen LogP) is 5.23. The van der Waals surface area contributed by atoms with Gasteiger partial charge < -0.3 is 10.5 Å². The van der Waals surface area contributed by atoms with Crippen LogP contribution in [0.4, 0.5) is 5.82 Å². The topological polar surface area (TPSA) is 114 Å². The number of fused-ring (bicyclic) bond motifs is 1. The molecular formula is C25H30ClN7O2. The van der Waals surface area contributed by atoms with Gasteiger partial charge in [0.05, 0.1) is 29.5 Å². The largest absolute Gasteiger partial charge is 0.462 e. The van der Waals surface area contributed by atoms with Gasteiger partial charge in [-0.05, 0) is 50.5 Å². The number of hydrogen-bond acceptors (Lipinski definition) is 7. The van der Waals surface area contributed by atoms with E-state index in [0.29, 0.717) is 40.2 Å². The third-order valence-corrected chi connectivity index (χ3v) is 6.26. The Morgan fingerprint density at radius 1 is 1.11 bits per heavy atom. The van der Waals surface area contributed by atoms with Crippen LogP contribution in [0.25, 0.3) is 22.7 Å². The normalized spacial score (nSPS) is 12.3. The molecule has 0 saturated heterocycles. The number of carbonyl (C=O) groups excluding carboxylic acids is 1. The maximum absolute atomic E-state index is 12.8. The molecule has 1 unspecified atom stereocenters. The zero-order valence-electron chi connectivity index (χ0n) is 20.5. The number of anilines is 1. The first-order valence-electron chi connectivity index (χ1n) is 11.8. The summed E-state index contributed by atoms with van der Waals surface area (Å²) in [5.41, 5.74) is 9.49. The highest BCUT2D eigenvalue weighted by atomic mass is 35.5. The molecule has 0 radical (unpaired) electrons. The number of halogens is 1. The fraction of sp³-hybridized carbons (Fsp3) is 0.400. The van der Waals surface area contributed by atoms with Crippen molar-refractivity contribution in [3.63, 3.8) is 0 Å². The van der Waals surface area contributed by atoms with Crippen LogP contribution in [0.15, 0.2) is 30.5 Å². The van der Waals surface area contributed by atoms with Crippen LogP contribution in [0.1, 0.15) is 61.3 Å². The first-order chi connectivity index (χ1) is 16.8. The number of aromatic nitrogens is 6. The molecule has 10 heteroatoms. The summed E-state index contributed by atoms with van der Waals surface area (Å²) < 4.78 is 8.67. The van der Waals surface area contributed by atoms with Crippen molar-refractivity contribution in [2.75, 3.05) is 12.3 Å². The third-order valence-electron chi connectivity index (χ3n) is 6.02. The lowest BCUT2D eigenvalue weighted by atomic mass is 10.0. The highest BCUT2D eigenvalue weighted by molar-refractivity contribution is 6.31. The molecule has 3 heterocycles. The summed E-state index contributed by atoms with van der Waals surface area (Å²) in [5, 5.41) is 9.46.